The summed E-state index contributed by atoms with van der Waals surface area (Å²) in [6.07, 6.45) is 0.0794. The number of carbonyl (C=O) groups excluding carboxylic acids is 4. The summed E-state index contributed by atoms with van der Waals surface area (Å²) in [5.74, 6) is 0.231. The van der Waals surface area contributed by atoms with Crippen molar-refractivity contribution in [2.24, 2.45) is 0 Å². The van der Waals surface area contributed by atoms with Gasteiger partial charge in [-0.15, -0.1) is 0 Å². The van der Waals surface area contributed by atoms with E-state index in [1.807, 2.05) is 50.2 Å². The van der Waals surface area contributed by atoms with Crippen LogP contribution in [0.25, 0.3) is 54.7 Å². The summed E-state index contributed by atoms with van der Waals surface area (Å²) in [5.41, 5.74) is 3.97. The molecule has 0 saturated carbocycles. The SMILES string of the molecule is CCCN(Cc1nc2c(ccc3cc(-c4ccc5c(ccc6[nH]c(CN(CCC)C(=O)CNC(=O)OC)nc65)c4F)ccc32)[nH]1)C(=O)CNC(=O)OC. The second-order valence-corrected chi connectivity index (χ2v) is 12.6. The maximum Gasteiger partial charge on any atom is 0.407 e. The number of fused-ring (bicyclic) bond motifs is 6. The molecule has 0 saturated heterocycles. The molecular formula is C38H41FN8O6. The lowest BCUT2D eigenvalue weighted by molar-refractivity contribution is -0.131. The number of rotatable bonds is 13. The Hall–Kier alpha value is -6.25. The van der Waals surface area contributed by atoms with Gasteiger partial charge in [0.1, 0.15) is 30.6 Å². The first kappa shape index (κ1) is 36.5. The van der Waals surface area contributed by atoms with Crippen LogP contribution in [0.2, 0.25) is 0 Å². The van der Waals surface area contributed by atoms with Crippen LogP contribution in [0.4, 0.5) is 14.0 Å². The number of H-pyrrole nitrogens is 2. The van der Waals surface area contributed by atoms with Crippen molar-refractivity contribution in [3.63, 3.8) is 0 Å². The quantitative estimate of drug-likeness (QED) is 0.117. The highest BCUT2D eigenvalue weighted by Gasteiger charge is 2.20. The van der Waals surface area contributed by atoms with E-state index in [4.69, 9.17) is 9.97 Å². The van der Waals surface area contributed by atoms with E-state index in [0.29, 0.717) is 64.1 Å². The van der Waals surface area contributed by atoms with E-state index in [1.165, 1.54) is 14.2 Å². The Morgan fingerprint density at radius 1 is 0.698 bits per heavy atom. The molecule has 14 nitrogen and oxygen atoms in total. The van der Waals surface area contributed by atoms with Gasteiger partial charge in [0, 0.05) is 34.8 Å². The molecule has 0 aliphatic rings. The molecule has 2 heterocycles. The highest BCUT2D eigenvalue weighted by molar-refractivity contribution is 6.08. The number of halogens is 1. The molecular weight excluding hydrogens is 683 g/mol. The van der Waals surface area contributed by atoms with Gasteiger partial charge in [0.25, 0.3) is 0 Å². The number of alkyl carbamates (subject to hydrolysis) is 2. The Morgan fingerprint density at radius 2 is 1.21 bits per heavy atom. The zero-order valence-electron chi connectivity index (χ0n) is 30.0. The number of hydrogen-bond acceptors (Lipinski definition) is 8. The number of nitrogens with one attached hydrogen (secondary N) is 4. The van der Waals surface area contributed by atoms with Crippen LogP contribution in [-0.4, -0.2) is 94.1 Å². The summed E-state index contributed by atoms with van der Waals surface area (Å²) in [5, 5.41) is 7.64. The standard InChI is InChI=1S/C38H41FN8O6/c1-5-15-46(32(48)18-40-37(50)52-3)20-30-42-28-13-8-23-17-22(7-9-25(23)35(28)44-30)24-10-11-27-26(34(24)39)12-14-29-36(27)45-31(43-29)21-47(16-6-2)33(49)19-41-38(51)53-4/h7-14,17H,5-6,15-16,18-21H2,1-4H3,(H,40,50)(H,41,51)(H,42,44)(H,43,45). The maximum atomic E-state index is 16.3. The zero-order chi connectivity index (χ0) is 37.6. The zero-order valence-corrected chi connectivity index (χ0v) is 30.0. The van der Waals surface area contributed by atoms with Gasteiger partial charge in [0.2, 0.25) is 11.8 Å². The molecule has 6 rings (SSSR count). The van der Waals surface area contributed by atoms with Gasteiger partial charge < -0.3 is 39.9 Å². The molecule has 4 N–H and O–H groups in total. The normalized spacial score (nSPS) is 11.3. The largest absolute Gasteiger partial charge is 0.453 e. The van der Waals surface area contributed by atoms with Crippen LogP contribution in [0.1, 0.15) is 38.3 Å². The number of amides is 4. The molecule has 0 atom stereocenters. The van der Waals surface area contributed by atoms with Gasteiger partial charge in [-0.3, -0.25) is 9.59 Å². The predicted molar refractivity (Wildman–Crippen MR) is 198 cm³/mol. The number of carbonyl (C=O) groups is 4. The predicted octanol–water partition coefficient (Wildman–Crippen LogP) is 5.74. The monoisotopic (exact) mass is 724 g/mol. The molecule has 0 spiro atoms. The second kappa shape index (κ2) is 16.0. The molecule has 0 bridgehead atoms. The van der Waals surface area contributed by atoms with E-state index in [9.17, 15) is 19.2 Å². The number of imidazole rings is 2. The van der Waals surface area contributed by atoms with Gasteiger partial charge in [0.15, 0.2) is 0 Å². The lowest BCUT2D eigenvalue weighted by atomic mass is 9.97. The fraction of sp³-hybridized carbons (Fsp3) is 0.316. The molecule has 15 heteroatoms. The molecule has 0 aliphatic heterocycles. The van der Waals surface area contributed by atoms with Crippen molar-refractivity contribution >= 4 is 67.6 Å². The maximum absolute atomic E-state index is 16.3. The van der Waals surface area contributed by atoms with Crippen molar-refractivity contribution in [2.45, 2.75) is 39.8 Å². The molecule has 276 valence electrons. The number of benzene rings is 4. The summed E-state index contributed by atoms with van der Waals surface area (Å²) in [6, 6.07) is 16.7. The van der Waals surface area contributed by atoms with Gasteiger partial charge >= 0.3 is 12.2 Å². The number of ether oxygens (including phenoxy) is 2. The lowest BCUT2D eigenvalue weighted by Gasteiger charge is -2.21. The minimum atomic E-state index is -0.687. The van der Waals surface area contributed by atoms with Crippen molar-refractivity contribution < 1.29 is 33.0 Å². The van der Waals surface area contributed by atoms with Crippen LogP contribution in [0.3, 0.4) is 0 Å². The van der Waals surface area contributed by atoms with E-state index in [0.717, 1.165) is 28.2 Å². The summed E-state index contributed by atoms with van der Waals surface area (Å²) in [7, 11) is 2.47. The number of aromatic amines is 2. The number of methoxy groups -OCH3 is 2. The van der Waals surface area contributed by atoms with E-state index < -0.39 is 12.2 Å². The van der Waals surface area contributed by atoms with Gasteiger partial charge in [-0.05, 0) is 48.1 Å². The van der Waals surface area contributed by atoms with Crippen LogP contribution < -0.4 is 10.6 Å². The molecule has 4 aromatic carbocycles. The first-order valence-electron chi connectivity index (χ1n) is 17.3. The summed E-state index contributed by atoms with van der Waals surface area (Å²) in [6.45, 7) is 4.91. The van der Waals surface area contributed by atoms with Gasteiger partial charge in [0.05, 0.1) is 49.4 Å². The Labute approximate surface area is 304 Å². The molecule has 6 aromatic rings. The van der Waals surface area contributed by atoms with Gasteiger partial charge in [-0.1, -0.05) is 44.2 Å². The Balaban J connectivity index is 1.25. The van der Waals surface area contributed by atoms with E-state index in [1.54, 1.807) is 28.0 Å². The van der Waals surface area contributed by atoms with Crippen LogP contribution in [0, 0.1) is 5.82 Å². The lowest BCUT2D eigenvalue weighted by Crippen LogP contribution is -2.40. The third-order valence-corrected chi connectivity index (χ3v) is 8.97. The van der Waals surface area contributed by atoms with E-state index >= 15 is 4.39 Å². The third kappa shape index (κ3) is 7.83. The second-order valence-electron chi connectivity index (χ2n) is 12.6. The fourth-order valence-corrected chi connectivity index (χ4v) is 6.43. The highest BCUT2D eigenvalue weighted by atomic mass is 19.1. The molecule has 0 radical (unpaired) electrons. The minimum Gasteiger partial charge on any atom is -0.453 e. The van der Waals surface area contributed by atoms with Crippen molar-refractivity contribution in [1.29, 1.82) is 0 Å². The van der Waals surface area contributed by atoms with Crippen molar-refractivity contribution in [3.8, 4) is 11.1 Å². The number of hydrogen-bond donors (Lipinski definition) is 4. The average Bonchev–Trinajstić information content (AvgIpc) is 3.79. The average molecular weight is 725 g/mol. The molecule has 53 heavy (non-hydrogen) atoms. The first-order valence-corrected chi connectivity index (χ1v) is 17.3. The first-order chi connectivity index (χ1) is 25.6. The van der Waals surface area contributed by atoms with Crippen molar-refractivity contribution in [3.05, 3.63) is 72.1 Å². The van der Waals surface area contributed by atoms with Crippen LogP contribution >= 0.6 is 0 Å². The van der Waals surface area contributed by atoms with E-state index in [2.05, 4.69) is 30.1 Å². The molecule has 4 amide bonds. The fourth-order valence-electron chi connectivity index (χ4n) is 6.43. The highest BCUT2D eigenvalue weighted by Crippen LogP contribution is 2.35. The van der Waals surface area contributed by atoms with Gasteiger partial charge in [-0.2, -0.15) is 0 Å². The van der Waals surface area contributed by atoms with Crippen LogP contribution in [0.5, 0.6) is 0 Å². The molecule has 0 unspecified atom stereocenters. The van der Waals surface area contributed by atoms with E-state index in [-0.39, 0.29) is 43.8 Å². The van der Waals surface area contributed by atoms with Crippen molar-refractivity contribution in [1.82, 2.24) is 40.4 Å². The van der Waals surface area contributed by atoms with Crippen LogP contribution in [0.15, 0.2) is 54.6 Å². The summed E-state index contributed by atoms with van der Waals surface area (Å²) in [4.78, 5) is 67.9. The summed E-state index contributed by atoms with van der Waals surface area (Å²) >= 11 is 0. The Bertz CT molecular complexity index is 2340. The number of aromatic nitrogens is 4. The molecule has 0 aliphatic carbocycles. The topological polar surface area (TPSA) is 175 Å². The molecule has 0 fully saturated rings. The van der Waals surface area contributed by atoms with Crippen LogP contribution in [-0.2, 0) is 32.2 Å². The Morgan fingerprint density at radius 3 is 1.75 bits per heavy atom. The summed E-state index contributed by atoms with van der Waals surface area (Å²) < 4.78 is 25.4. The number of nitrogens with zero attached hydrogens (tertiary/aromatic N) is 4. The third-order valence-electron chi connectivity index (χ3n) is 8.97. The smallest absolute Gasteiger partial charge is 0.407 e. The van der Waals surface area contributed by atoms with Crippen molar-refractivity contribution in [2.75, 3.05) is 40.4 Å². The van der Waals surface area contributed by atoms with Gasteiger partial charge in [-0.25, -0.2) is 23.9 Å². The molecule has 2 aromatic heterocycles. The minimum absolute atomic E-state index is 0.184. The Kier molecular flexibility index (Phi) is 11.0.